The van der Waals surface area contributed by atoms with Gasteiger partial charge in [-0.25, -0.2) is 4.98 Å². The highest BCUT2D eigenvalue weighted by atomic mass is 16.2. The maximum Gasteiger partial charge on any atom is 0.274 e. The molecule has 2 N–H and O–H groups in total. The molecule has 0 spiro atoms. The van der Waals surface area contributed by atoms with Crippen LogP contribution in [0.25, 0.3) is 0 Å². The second-order valence-corrected chi connectivity index (χ2v) is 5.65. The number of rotatable bonds is 3. The molecule has 22 heavy (non-hydrogen) atoms. The summed E-state index contributed by atoms with van der Waals surface area (Å²) < 4.78 is 0. The first kappa shape index (κ1) is 14.5. The molecule has 0 bridgehead atoms. The molecule has 0 fully saturated rings. The van der Waals surface area contributed by atoms with Gasteiger partial charge >= 0.3 is 0 Å². The van der Waals surface area contributed by atoms with Gasteiger partial charge in [0, 0.05) is 18.9 Å². The summed E-state index contributed by atoms with van der Waals surface area (Å²) in [5, 5.41) is 7.48. The summed E-state index contributed by atoms with van der Waals surface area (Å²) >= 11 is 0. The number of hydrogen-bond donors (Lipinski definition) is 2. The lowest BCUT2D eigenvalue weighted by Crippen LogP contribution is -2.28. The standard InChI is InChI=1S/C15H19N5O2/c1-20(15(22)12-7-17-14(21)8-16-12)9-13-10-5-3-2-4-6-11(10)18-19-13/h7-8H,2-6,9H2,1H3,(H,17,21)(H,18,19). The minimum atomic E-state index is -0.322. The van der Waals surface area contributed by atoms with E-state index in [4.69, 9.17) is 0 Å². The zero-order chi connectivity index (χ0) is 15.5. The van der Waals surface area contributed by atoms with Crippen LogP contribution in [-0.4, -0.2) is 38.0 Å². The summed E-state index contributed by atoms with van der Waals surface area (Å²) in [6.45, 7) is 0.436. The monoisotopic (exact) mass is 301 g/mol. The number of nitrogens with one attached hydrogen (secondary N) is 2. The quantitative estimate of drug-likeness (QED) is 0.828. The Balaban J connectivity index is 1.75. The Bertz CT molecular complexity index is 713. The summed E-state index contributed by atoms with van der Waals surface area (Å²) in [6.07, 6.45) is 8.08. The van der Waals surface area contributed by atoms with Gasteiger partial charge in [-0.1, -0.05) is 6.42 Å². The van der Waals surface area contributed by atoms with Crippen molar-refractivity contribution in [2.45, 2.75) is 38.6 Å². The van der Waals surface area contributed by atoms with Crippen molar-refractivity contribution in [1.29, 1.82) is 0 Å². The molecule has 0 saturated heterocycles. The van der Waals surface area contributed by atoms with Gasteiger partial charge in [0.2, 0.25) is 0 Å². The molecule has 3 rings (SSSR count). The van der Waals surface area contributed by atoms with Crippen molar-refractivity contribution in [3.05, 3.63) is 45.4 Å². The molecule has 116 valence electrons. The first-order valence-electron chi connectivity index (χ1n) is 7.50. The van der Waals surface area contributed by atoms with Crippen LogP contribution in [-0.2, 0) is 19.4 Å². The van der Waals surface area contributed by atoms with Gasteiger partial charge in [-0.15, -0.1) is 0 Å². The van der Waals surface area contributed by atoms with Crippen molar-refractivity contribution < 1.29 is 4.79 Å². The van der Waals surface area contributed by atoms with Crippen molar-refractivity contribution in [1.82, 2.24) is 25.1 Å². The van der Waals surface area contributed by atoms with E-state index in [-0.39, 0.29) is 17.2 Å². The van der Waals surface area contributed by atoms with Gasteiger partial charge in [-0.05, 0) is 31.2 Å². The number of amides is 1. The normalized spacial score (nSPS) is 14.2. The number of fused-ring (bicyclic) bond motifs is 1. The number of aromatic nitrogens is 4. The fourth-order valence-electron chi connectivity index (χ4n) is 2.81. The molecule has 7 nitrogen and oxygen atoms in total. The topological polar surface area (TPSA) is 94.7 Å². The Labute approximate surface area is 127 Å². The Morgan fingerprint density at radius 1 is 1.32 bits per heavy atom. The number of nitrogens with zero attached hydrogens (tertiary/aromatic N) is 3. The summed E-state index contributed by atoms with van der Waals surface area (Å²) in [5.41, 5.74) is 3.29. The molecule has 0 saturated carbocycles. The average Bonchev–Trinajstić information content (AvgIpc) is 2.75. The predicted octanol–water partition coefficient (Wildman–Crippen LogP) is 1.03. The van der Waals surface area contributed by atoms with Crippen molar-refractivity contribution in [2.75, 3.05) is 7.05 Å². The fraction of sp³-hybridized carbons (Fsp3) is 0.467. The van der Waals surface area contributed by atoms with Crippen LogP contribution in [0, 0.1) is 0 Å². The van der Waals surface area contributed by atoms with E-state index in [9.17, 15) is 9.59 Å². The van der Waals surface area contributed by atoms with E-state index in [0.29, 0.717) is 6.54 Å². The smallest absolute Gasteiger partial charge is 0.274 e. The second kappa shape index (κ2) is 6.13. The Morgan fingerprint density at radius 3 is 2.91 bits per heavy atom. The Kier molecular flexibility index (Phi) is 4.04. The molecule has 0 atom stereocenters. The molecule has 0 aromatic carbocycles. The van der Waals surface area contributed by atoms with Crippen LogP contribution in [0.5, 0.6) is 0 Å². The van der Waals surface area contributed by atoms with Crippen LogP contribution in [0.15, 0.2) is 17.2 Å². The second-order valence-electron chi connectivity index (χ2n) is 5.65. The maximum absolute atomic E-state index is 12.3. The summed E-state index contributed by atoms with van der Waals surface area (Å²) in [7, 11) is 1.72. The van der Waals surface area contributed by atoms with Crippen molar-refractivity contribution in [3.63, 3.8) is 0 Å². The number of H-pyrrole nitrogens is 2. The van der Waals surface area contributed by atoms with Gasteiger partial charge in [-0.3, -0.25) is 14.7 Å². The van der Waals surface area contributed by atoms with Crippen LogP contribution in [0.1, 0.15) is 46.7 Å². The molecule has 0 unspecified atom stereocenters. The van der Waals surface area contributed by atoms with E-state index >= 15 is 0 Å². The van der Waals surface area contributed by atoms with E-state index in [1.807, 2.05) is 0 Å². The molecule has 7 heteroatoms. The molecular formula is C15H19N5O2. The number of carbonyl (C=O) groups excluding carboxylic acids is 1. The van der Waals surface area contributed by atoms with Crippen LogP contribution in [0.4, 0.5) is 0 Å². The Hall–Kier alpha value is -2.44. The van der Waals surface area contributed by atoms with Gasteiger partial charge in [0.05, 0.1) is 18.4 Å². The van der Waals surface area contributed by atoms with Crippen LogP contribution in [0.3, 0.4) is 0 Å². The number of aryl methyl sites for hydroxylation is 1. The molecular weight excluding hydrogens is 282 g/mol. The van der Waals surface area contributed by atoms with E-state index in [1.165, 1.54) is 36.7 Å². The molecule has 1 aliphatic carbocycles. The Morgan fingerprint density at radius 2 is 2.14 bits per heavy atom. The summed E-state index contributed by atoms with van der Waals surface area (Å²) in [4.78, 5) is 31.2. The van der Waals surface area contributed by atoms with Gasteiger partial charge in [-0.2, -0.15) is 5.10 Å². The predicted molar refractivity (Wildman–Crippen MR) is 80.5 cm³/mol. The molecule has 2 aromatic heterocycles. The highest BCUT2D eigenvalue weighted by Crippen LogP contribution is 2.22. The van der Waals surface area contributed by atoms with Crippen LogP contribution < -0.4 is 5.56 Å². The fourth-order valence-corrected chi connectivity index (χ4v) is 2.81. The number of hydrogen-bond acceptors (Lipinski definition) is 4. The number of carbonyl (C=O) groups is 1. The first-order chi connectivity index (χ1) is 10.6. The maximum atomic E-state index is 12.3. The number of aromatic amines is 2. The minimum Gasteiger partial charge on any atom is -0.334 e. The first-order valence-corrected chi connectivity index (χ1v) is 7.50. The average molecular weight is 301 g/mol. The van der Waals surface area contributed by atoms with Crippen LogP contribution >= 0.6 is 0 Å². The third-order valence-electron chi connectivity index (χ3n) is 4.02. The van der Waals surface area contributed by atoms with Gasteiger partial charge in [0.25, 0.3) is 11.5 Å². The molecule has 1 aliphatic rings. The molecule has 1 amide bonds. The largest absolute Gasteiger partial charge is 0.334 e. The van der Waals surface area contributed by atoms with Crippen LogP contribution in [0.2, 0.25) is 0 Å². The summed E-state index contributed by atoms with van der Waals surface area (Å²) in [5.74, 6) is -0.235. The van der Waals surface area contributed by atoms with Gasteiger partial charge < -0.3 is 9.88 Å². The van der Waals surface area contributed by atoms with Crippen molar-refractivity contribution in [3.8, 4) is 0 Å². The summed E-state index contributed by atoms with van der Waals surface area (Å²) in [6, 6.07) is 0. The molecule has 2 aromatic rings. The van der Waals surface area contributed by atoms with Crippen molar-refractivity contribution >= 4 is 5.91 Å². The highest BCUT2D eigenvalue weighted by molar-refractivity contribution is 5.91. The SMILES string of the molecule is CN(Cc1n[nH]c2c1CCCCC2)C(=O)c1c[nH]c(=O)cn1. The molecule has 0 radical (unpaired) electrons. The van der Waals surface area contributed by atoms with Crippen molar-refractivity contribution in [2.24, 2.45) is 0 Å². The van der Waals surface area contributed by atoms with E-state index in [1.54, 1.807) is 11.9 Å². The molecule has 0 aliphatic heterocycles. The third-order valence-corrected chi connectivity index (χ3v) is 4.02. The third kappa shape index (κ3) is 2.93. The van der Waals surface area contributed by atoms with Gasteiger partial charge in [0.15, 0.2) is 0 Å². The molecule has 2 heterocycles. The lowest BCUT2D eigenvalue weighted by molar-refractivity contribution is 0.0776. The van der Waals surface area contributed by atoms with E-state index in [0.717, 1.165) is 24.7 Å². The van der Waals surface area contributed by atoms with Gasteiger partial charge in [0.1, 0.15) is 5.69 Å². The highest BCUT2D eigenvalue weighted by Gasteiger charge is 2.20. The lowest BCUT2D eigenvalue weighted by atomic mass is 10.1. The van der Waals surface area contributed by atoms with E-state index < -0.39 is 0 Å². The minimum absolute atomic E-state index is 0.226. The lowest BCUT2D eigenvalue weighted by Gasteiger charge is -2.16. The van der Waals surface area contributed by atoms with E-state index in [2.05, 4.69) is 20.2 Å². The zero-order valence-corrected chi connectivity index (χ0v) is 12.6. The zero-order valence-electron chi connectivity index (χ0n) is 12.6.